The van der Waals surface area contributed by atoms with E-state index in [2.05, 4.69) is 10.4 Å². The Morgan fingerprint density at radius 1 is 1.35 bits per heavy atom. The lowest BCUT2D eigenvalue weighted by molar-refractivity contribution is -0.141. The smallest absolute Gasteiger partial charge is 0.330 e. The maximum Gasteiger partial charge on any atom is 0.435 e. The van der Waals surface area contributed by atoms with Crippen LogP contribution in [-0.4, -0.2) is 40.3 Å². The van der Waals surface area contributed by atoms with E-state index in [1.165, 1.54) is 11.7 Å². The Morgan fingerprint density at radius 2 is 2.04 bits per heavy atom. The van der Waals surface area contributed by atoms with Gasteiger partial charge in [-0.2, -0.15) is 18.3 Å². The molecule has 0 aliphatic carbocycles. The Hall–Kier alpha value is -2.55. The first-order valence-electron chi connectivity index (χ1n) is 8.25. The van der Waals surface area contributed by atoms with Gasteiger partial charge in [-0.1, -0.05) is 12.1 Å². The van der Waals surface area contributed by atoms with Gasteiger partial charge >= 0.3 is 12.2 Å². The van der Waals surface area contributed by atoms with Gasteiger partial charge in [-0.15, -0.1) is 0 Å². The van der Waals surface area contributed by atoms with Crippen molar-refractivity contribution in [1.82, 2.24) is 14.7 Å². The minimum absolute atomic E-state index is 0.200. The molecule has 3 rings (SSSR count). The lowest BCUT2D eigenvalue weighted by atomic mass is 10.1. The molecule has 0 spiro atoms. The van der Waals surface area contributed by atoms with Crippen molar-refractivity contribution in [3.8, 4) is 11.3 Å². The van der Waals surface area contributed by atoms with Gasteiger partial charge in [-0.3, -0.25) is 4.68 Å². The van der Waals surface area contributed by atoms with Gasteiger partial charge in [-0.05, 0) is 42.6 Å². The van der Waals surface area contributed by atoms with Gasteiger partial charge in [0.15, 0.2) is 5.69 Å². The average molecular weight is 367 g/mol. The Bertz CT molecular complexity index is 785. The molecule has 0 saturated carbocycles. The molecule has 0 radical (unpaired) electrons. The summed E-state index contributed by atoms with van der Waals surface area (Å²) in [5, 5.41) is 6.30. The second-order valence-corrected chi connectivity index (χ2v) is 6.38. The molecule has 2 heterocycles. The molecule has 26 heavy (non-hydrogen) atoms. The number of hydrogen-bond donors (Lipinski definition) is 2. The van der Waals surface area contributed by atoms with E-state index in [4.69, 9.17) is 5.73 Å². The summed E-state index contributed by atoms with van der Waals surface area (Å²) in [4.78, 5) is 13.9. The van der Waals surface area contributed by atoms with E-state index >= 15 is 0 Å². The molecule has 140 valence electrons. The molecule has 3 N–H and O–H groups in total. The minimum atomic E-state index is -4.49. The Balaban J connectivity index is 1.69. The molecule has 1 unspecified atom stereocenters. The zero-order valence-electron chi connectivity index (χ0n) is 14.3. The quantitative estimate of drug-likeness (QED) is 0.876. The van der Waals surface area contributed by atoms with Gasteiger partial charge in [0.1, 0.15) is 0 Å². The first-order valence-corrected chi connectivity index (χ1v) is 8.25. The summed E-state index contributed by atoms with van der Waals surface area (Å²) in [5.41, 5.74) is 6.20. The second kappa shape index (κ2) is 6.99. The van der Waals surface area contributed by atoms with Crippen LogP contribution >= 0.6 is 0 Å². The lowest BCUT2D eigenvalue weighted by Crippen LogP contribution is -2.33. The van der Waals surface area contributed by atoms with Crippen LogP contribution in [0.4, 0.5) is 23.7 Å². The van der Waals surface area contributed by atoms with Crippen molar-refractivity contribution < 1.29 is 18.0 Å². The summed E-state index contributed by atoms with van der Waals surface area (Å²) in [6, 6.07) is 7.42. The molecule has 2 amide bonds. The fourth-order valence-corrected chi connectivity index (χ4v) is 3.01. The van der Waals surface area contributed by atoms with Crippen molar-refractivity contribution in [1.29, 1.82) is 0 Å². The highest BCUT2D eigenvalue weighted by Gasteiger charge is 2.34. The average Bonchev–Trinajstić information content (AvgIpc) is 3.22. The van der Waals surface area contributed by atoms with Crippen LogP contribution in [0.1, 0.15) is 12.1 Å². The molecular formula is C17H20F3N5O. The van der Waals surface area contributed by atoms with Crippen molar-refractivity contribution >= 4 is 11.7 Å². The zero-order valence-corrected chi connectivity index (χ0v) is 14.3. The van der Waals surface area contributed by atoms with Crippen LogP contribution in [0.3, 0.4) is 0 Å². The first-order chi connectivity index (χ1) is 12.3. The summed E-state index contributed by atoms with van der Waals surface area (Å²) in [5.74, 6) is 0.329. The van der Waals surface area contributed by atoms with E-state index in [0.717, 1.165) is 12.5 Å². The number of anilines is 1. The molecule has 1 aromatic heterocycles. The Labute approximate surface area is 148 Å². The second-order valence-electron chi connectivity index (χ2n) is 6.38. The molecule has 1 aromatic carbocycles. The fourth-order valence-electron chi connectivity index (χ4n) is 3.01. The van der Waals surface area contributed by atoms with Crippen molar-refractivity contribution in [2.45, 2.75) is 12.6 Å². The Morgan fingerprint density at radius 3 is 2.58 bits per heavy atom. The Kier molecular flexibility index (Phi) is 4.90. The number of aryl methyl sites for hydroxylation is 1. The molecule has 1 fully saturated rings. The normalized spacial score (nSPS) is 17.6. The molecule has 9 heteroatoms. The van der Waals surface area contributed by atoms with Crippen LogP contribution in [0.15, 0.2) is 30.3 Å². The van der Waals surface area contributed by atoms with Gasteiger partial charge in [0.2, 0.25) is 0 Å². The van der Waals surface area contributed by atoms with Gasteiger partial charge in [-0.25, -0.2) is 4.79 Å². The number of nitrogens with zero attached hydrogens (tertiary/aromatic N) is 3. The molecule has 2 aromatic rings. The number of likely N-dealkylation sites (tertiary alicyclic amines) is 1. The molecule has 6 nitrogen and oxygen atoms in total. The summed E-state index contributed by atoms with van der Waals surface area (Å²) in [7, 11) is 1.46. The van der Waals surface area contributed by atoms with E-state index < -0.39 is 11.9 Å². The number of benzene rings is 1. The number of carbonyl (C=O) groups is 1. The van der Waals surface area contributed by atoms with Crippen LogP contribution < -0.4 is 11.1 Å². The topological polar surface area (TPSA) is 76.2 Å². The van der Waals surface area contributed by atoms with Gasteiger partial charge in [0.25, 0.3) is 0 Å². The predicted molar refractivity (Wildman–Crippen MR) is 91.4 cm³/mol. The number of halogens is 3. The number of hydrogen-bond acceptors (Lipinski definition) is 3. The minimum Gasteiger partial charge on any atom is -0.330 e. The van der Waals surface area contributed by atoms with Crippen molar-refractivity contribution in [2.75, 3.05) is 25.0 Å². The van der Waals surface area contributed by atoms with E-state index in [1.54, 1.807) is 29.2 Å². The van der Waals surface area contributed by atoms with Crippen LogP contribution in [0.25, 0.3) is 11.3 Å². The van der Waals surface area contributed by atoms with Crippen LogP contribution in [0.2, 0.25) is 0 Å². The number of nitrogens with one attached hydrogen (secondary N) is 1. The molecule has 1 aliphatic heterocycles. The first kappa shape index (κ1) is 18.2. The van der Waals surface area contributed by atoms with Gasteiger partial charge in [0, 0.05) is 25.8 Å². The monoisotopic (exact) mass is 367 g/mol. The van der Waals surface area contributed by atoms with Crippen LogP contribution in [-0.2, 0) is 13.2 Å². The van der Waals surface area contributed by atoms with E-state index in [9.17, 15) is 18.0 Å². The summed E-state index contributed by atoms with van der Waals surface area (Å²) in [6.07, 6.45) is -3.59. The van der Waals surface area contributed by atoms with Gasteiger partial charge in [0.05, 0.1) is 5.69 Å². The molecule has 1 aliphatic rings. The summed E-state index contributed by atoms with van der Waals surface area (Å²) in [6.45, 7) is 1.86. The fraction of sp³-hybridized carbons (Fsp3) is 0.412. The molecule has 1 saturated heterocycles. The highest BCUT2D eigenvalue weighted by molar-refractivity contribution is 5.89. The van der Waals surface area contributed by atoms with Gasteiger partial charge < -0.3 is 16.0 Å². The van der Waals surface area contributed by atoms with E-state index in [0.29, 0.717) is 42.5 Å². The van der Waals surface area contributed by atoms with Crippen LogP contribution in [0, 0.1) is 5.92 Å². The third kappa shape index (κ3) is 3.82. The lowest BCUT2D eigenvalue weighted by Gasteiger charge is -2.17. The number of urea groups is 1. The van der Waals surface area contributed by atoms with Crippen LogP contribution in [0.5, 0.6) is 0 Å². The van der Waals surface area contributed by atoms with Crippen molar-refractivity contribution in [3.05, 3.63) is 36.0 Å². The van der Waals surface area contributed by atoms with E-state index in [-0.39, 0.29) is 6.03 Å². The maximum absolute atomic E-state index is 12.8. The highest BCUT2D eigenvalue weighted by atomic mass is 19.4. The SMILES string of the molecule is Cn1nc(C(F)(F)F)cc1-c1ccc(NC(=O)N2CCC(CN)C2)cc1. The number of nitrogens with two attached hydrogens (primary N) is 1. The van der Waals surface area contributed by atoms with Crippen molar-refractivity contribution in [2.24, 2.45) is 18.7 Å². The number of amides is 2. The standard InChI is InChI=1S/C17H20F3N5O/c1-24-14(8-15(23-24)17(18,19)20)12-2-4-13(5-3-12)22-16(26)25-7-6-11(9-21)10-25/h2-5,8,11H,6-7,9-10,21H2,1H3,(H,22,26). The number of alkyl halides is 3. The highest BCUT2D eigenvalue weighted by Crippen LogP contribution is 2.31. The van der Waals surface area contributed by atoms with Crippen molar-refractivity contribution in [3.63, 3.8) is 0 Å². The number of aromatic nitrogens is 2. The molecule has 0 bridgehead atoms. The summed E-state index contributed by atoms with van der Waals surface area (Å²) < 4.78 is 39.5. The maximum atomic E-state index is 12.8. The molecule has 1 atom stereocenters. The predicted octanol–water partition coefficient (Wildman–Crippen LogP) is 2.92. The summed E-state index contributed by atoms with van der Waals surface area (Å²) >= 11 is 0. The molecular weight excluding hydrogens is 347 g/mol. The number of rotatable bonds is 3. The number of carbonyl (C=O) groups excluding carboxylic acids is 1. The van der Waals surface area contributed by atoms with E-state index in [1.807, 2.05) is 0 Å². The largest absolute Gasteiger partial charge is 0.435 e. The third-order valence-corrected chi connectivity index (χ3v) is 4.51. The zero-order chi connectivity index (χ0) is 18.9. The third-order valence-electron chi connectivity index (χ3n) is 4.51.